The molecule has 0 fully saturated rings. The van der Waals surface area contributed by atoms with Crippen LogP contribution in [0.1, 0.15) is 29.7 Å². The number of thiazole rings is 1. The van der Waals surface area contributed by atoms with Gasteiger partial charge in [0.1, 0.15) is 12.4 Å². The van der Waals surface area contributed by atoms with Crippen LogP contribution < -0.4 is 19.6 Å². The van der Waals surface area contributed by atoms with Crippen LogP contribution in [0.3, 0.4) is 0 Å². The third kappa shape index (κ3) is 5.37. The van der Waals surface area contributed by atoms with Crippen LogP contribution >= 0.6 is 22.9 Å². The predicted octanol–water partition coefficient (Wildman–Crippen LogP) is 5.15. The molecule has 1 atom stereocenters. The molecule has 1 aliphatic rings. The number of carbonyl (C=O) groups excluding carboxylic acids is 1. The van der Waals surface area contributed by atoms with Crippen molar-refractivity contribution in [3.05, 3.63) is 138 Å². The number of aromatic nitrogens is 1. The molecule has 6 nitrogen and oxygen atoms in total. The minimum Gasteiger partial charge on any atom is -0.489 e. The number of hydrogen-bond acceptors (Lipinski definition) is 6. The third-order valence-corrected chi connectivity index (χ3v) is 7.32. The van der Waals surface area contributed by atoms with Crippen LogP contribution in [0.15, 0.2) is 107 Å². The second-order valence-corrected chi connectivity index (χ2v) is 10.1. The van der Waals surface area contributed by atoms with Gasteiger partial charge >= 0.3 is 5.97 Å². The largest absolute Gasteiger partial charge is 0.489 e. The van der Waals surface area contributed by atoms with Crippen molar-refractivity contribution in [2.24, 2.45) is 4.99 Å². The smallest absolute Gasteiger partial charge is 0.338 e. The second-order valence-electron chi connectivity index (χ2n) is 8.62. The summed E-state index contributed by atoms with van der Waals surface area (Å²) in [6.45, 7) is 5.96. The van der Waals surface area contributed by atoms with E-state index in [4.69, 9.17) is 26.1 Å². The molecule has 4 aromatic rings. The third-order valence-electron chi connectivity index (χ3n) is 6.10. The van der Waals surface area contributed by atoms with E-state index in [1.54, 1.807) is 41.8 Å². The Kier molecular flexibility index (Phi) is 7.91. The lowest BCUT2D eigenvalue weighted by molar-refractivity contribution is -0.138. The first-order chi connectivity index (χ1) is 19.0. The van der Waals surface area contributed by atoms with E-state index in [0.717, 1.165) is 11.1 Å². The van der Waals surface area contributed by atoms with E-state index in [1.807, 2.05) is 60.7 Å². The lowest BCUT2D eigenvalue weighted by atomic mass is 9.93. The number of ether oxygens (including phenoxy) is 2. The first-order valence-electron chi connectivity index (χ1n) is 12.4. The van der Waals surface area contributed by atoms with Gasteiger partial charge in [-0.2, -0.15) is 0 Å². The monoisotopic (exact) mass is 556 g/mol. The lowest BCUT2D eigenvalue weighted by Crippen LogP contribution is -2.40. The van der Waals surface area contributed by atoms with Gasteiger partial charge in [-0.1, -0.05) is 96.3 Å². The molecule has 0 saturated carbocycles. The highest BCUT2D eigenvalue weighted by atomic mass is 35.5. The second kappa shape index (κ2) is 11.7. The van der Waals surface area contributed by atoms with Crippen LogP contribution in [-0.2, 0) is 9.53 Å². The number of halogens is 1. The van der Waals surface area contributed by atoms with Gasteiger partial charge in [0.25, 0.3) is 5.56 Å². The predicted molar refractivity (Wildman–Crippen MR) is 155 cm³/mol. The minimum atomic E-state index is -0.727. The first kappa shape index (κ1) is 26.4. The highest BCUT2D eigenvalue weighted by Crippen LogP contribution is 2.35. The Labute approximate surface area is 234 Å². The van der Waals surface area contributed by atoms with Gasteiger partial charge in [0.2, 0.25) is 0 Å². The van der Waals surface area contributed by atoms with Crippen LogP contribution in [0.2, 0.25) is 5.02 Å². The van der Waals surface area contributed by atoms with E-state index in [0.29, 0.717) is 43.5 Å². The molecule has 5 rings (SSSR count). The molecule has 0 N–H and O–H groups in total. The molecule has 196 valence electrons. The number of rotatable bonds is 8. The summed E-state index contributed by atoms with van der Waals surface area (Å²) in [6, 6.07) is 23.4. The van der Waals surface area contributed by atoms with Gasteiger partial charge in [0.05, 0.1) is 28.5 Å². The van der Waals surface area contributed by atoms with Gasteiger partial charge < -0.3 is 9.47 Å². The molecule has 0 spiro atoms. The average Bonchev–Trinajstić information content (AvgIpc) is 3.27. The molecule has 39 heavy (non-hydrogen) atoms. The van der Waals surface area contributed by atoms with Gasteiger partial charge in [-0.3, -0.25) is 9.36 Å². The number of fused-ring (bicyclic) bond motifs is 1. The molecule has 0 saturated heterocycles. The maximum absolute atomic E-state index is 14.0. The fourth-order valence-electron chi connectivity index (χ4n) is 4.44. The van der Waals surface area contributed by atoms with Crippen molar-refractivity contribution in [2.75, 3.05) is 13.2 Å². The number of benzene rings is 3. The molecule has 8 heteroatoms. The molecule has 0 bridgehead atoms. The number of nitrogens with zero attached hydrogens (tertiary/aromatic N) is 2. The zero-order chi connectivity index (χ0) is 27.4. The van der Waals surface area contributed by atoms with Crippen molar-refractivity contribution < 1.29 is 14.3 Å². The summed E-state index contributed by atoms with van der Waals surface area (Å²) in [7, 11) is 0. The van der Waals surface area contributed by atoms with E-state index in [2.05, 4.69) is 6.58 Å². The van der Waals surface area contributed by atoms with Gasteiger partial charge in [-0.05, 0) is 36.8 Å². The average molecular weight is 557 g/mol. The van der Waals surface area contributed by atoms with Gasteiger partial charge in [0.15, 0.2) is 4.80 Å². The van der Waals surface area contributed by atoms with Gasteiger partial charge in [-0.25, -0.2) is 9.79 Å². The Bertz CT molecular complexity index is 1740. The van der Waals surface area contributed by atoms with Crippen LogP contribution in [-0.4, -0.2) is 23.8 Å². The number of carbonyl (C=O) groups is 1. The fraction of sp³-hybridized carbons (Fsp3) is 0.129. The molecule has 0 aliphatic carbocycles. The summed E-state index contributed by atoms with van der Waals surface area (Å²) in [6.07, 6.45) is 3.39. The topological polar surface area (TPSA) is 69.9 Å². The van der Waals surface area contributed by atoms with Crippen molar-refractivity contribution in [1.29, 1.82) is 0 Å². The molecule has 0 radical (unpaired) electrons. The summed E-state index contributed by atoms with van der Waals surface area (Å²) in [5, 5.41) is 0.512. The summed E-state index contributed by atoms with van der Waals surface area (Å²) in [5.41, 5.74) is 2.69. The van der Waals surface area contributed by atoms with Crippen molar-refractivity contribution >= 4 is 40.7 Å². The van der Waals surface area contributed by atoms with Crippen molar-refractivity contribution in [1.82, 2.24) is 4.57 Å². The van der Waals surface area contributed by atoms with Crippen molar-refractivity contribution in [3.8, 4) is 5.75 Å². The van der Waals surface area contributed by atoms with Crippen LogP contribution in [0.25, 0.3) is 11.8 Å². The van der Waals surface area contributed by atoms with E-state index in [-0.39, 0.29) is 12.2 Å². The number of hydrogen-bond donors (Lipinski definition) is 0. The summed E-state index contributed by atoms with van der Waals surface area (Å²) >= 11 is 7.52. The summed E-state index contributed by atoms with van der Waals surface area (Å²) < 4.78 is 13.3. The molecule has 3 aromatic carbocycles. The Morgan fingerprint density at radius 3 is 2.51 bits per heavy atom. The highest BCUT2D eigenvalue weighted by Gasteiger charge is 2.35. The molecule has 1 aromatic heterocycles. The van der Waals surface area contributed by atoms with Crippen LogP contribution in [0.5, 0.6) is 5.75 Å². The normalized spacial score (nSPS) is 14.9. The highest BCUT2D eigenvalue weighted by molar-refractivity contribution is 7.07. The Morgan fingerprint density at radius 2 is 1.82 bits per heavy atom. The van der Waals surface area contributed by atoms with E-state index < -0.39 is 12.0 Å². The molecule has 0 amide bonds. The number of esters is 1. The first-order valence-corrected chi connectivity index (χ1v) is 13.6. The van der Waals surface area contributed by atoms with Gasteiger partial charge in [0, 0.05) is 16.1 Å². The summed E-state index contributed by atoms with van der Waals surface area (Å²) in [5.74, 6) is 0.0557. The maximum Gasteiger partial charge on any atom is 0.338 e. The molecular weight excluding hydrogens is 532 g/mol. The Morgan fingerprint density at radius 1 is 1.10 bits per heavy atom. The fourth-order valence-corrected chi connectivity index (χ4v) is 5.62. The lowest BCUT2D eigenvalue weighted by Gasteiger charge is -2.25. The van der Waals surface area contributed by atoms with E-state index in [9.17, 15) is 9.59 Å². The molecule has 0 unspecified atom stereocenters. The zero-order valence-electron chi connectivity index (χ0n) is 21.2. The Balaban J connectivity index is 1.80. The minimum absolute atomic E-state index is 0.193. The van der Waals surface area contributed by atoms with Crippen LogP contribution in [0, 0.1) is 0 Å². The SMILES string of the molecule is C=CCOc1ccc(Cl)cc1/C=c1\sc2n(c1=O)[C@@H](c1ccccc1)C(C(=O)OCC)=C(c1ccccc1)N=2. The maximum atomic E-state index is 14.0. The quantitative estimate of drug-likeness (QED) is 0.222. The standard InChI is InChI=1S/C31H25ClN2O4S/c1-3-17-38-24-16-15-23(32)18-22(24)19-25-29(35)34-28(21-13-9-6-10-14-21)26(30(36)37-4-2)27(33-31(34)39-25)20-11-7-5-8-12-20/h3,5-16,18-19,28H,1,4,17H2,2H3/b25-19-/t28-/m0/s1. The van der Waals surface area contributed by atoms with Gasteiger partial charge in [-0.15, -0.1) is 0 Å². The van der Waals surface area contributed by atoms with Crippen molar-refractivity contribution in [2.45, 2.75) is 13.0 Å². The molecular formula is C31H25ClN2O4S. The zero-order valence-corrected chi connectivity index (χ0v) is 22.7. The van der Waals surface area contributed by atoms with E-state index in [1.165, 1.54) is 11.3 Å². The molecule has 1 aliphatic heterocycles. The molecule has 2 heterocycles. The van der Waals surface area contributed by atoms with Crippen molar-refractivity contribution in [3.63, 3.8) is 0 Å². The summed E-state index contributed by atoms with van der Waals surface area (Å²) in [4.78, 5) is 32.8. The Hall–Kier alpha value is -4.20. The van der Waals surface area contributed by atoms with Crippen LogP contribution in [0.4, 0.5) is 0 Å². The van der Waals surface area contributed by atoms with E-state index >= 15 is 0 Å².